The Morgan fingerprint density at radius 3 is 2.64 bits per heavy atom. The fourth-order valence-electron chi connectivity index (χ4n) is 6.06. The number of carbonyl (C=O) groups excluding carboxylic acids is 1. The Kier molecular flexibility index (Phi) is 6.90. The van der Waals surface area contributed by atoms with E-state index in [2.05, 4.69) is 19.2 Å². The van der Waals surface area contributed by atoms with Crippen molar-refractivity contribution < 1.29 is 4.79 Å². The molecule has 2 aromatic heterocycles. The Morgan fingerprint density at radius 1 is 1.09 bits per heavy atom. The van der Waals surface area contributed by atoms with Crippen LogP contribution < -0.4 is 10.9 Å². The lowest BCUT2D eigenvalue weighted by Gasteiger charge is -2.35. The van der Waals surface area contributed by atoms with Crippen molar-refractivity contribution in [1.82, 2.24) is 14.9 Å². The van der Waals surface area contributed by atoms with Crippen molar-refractivity contribution in [2.75, 3.05) is 0 Å². The normalized spacial score (nSPS) is 26.9. The van der Waals surface area contributed by atoms with Crippen LogP contribution in [0.5, 0.6) is 0 Å². The lowest BCUT2D eigenvalue weighted by Crippen LogP contribution is -2.46. The van der Waals surface area contributed by atoms with E-state index in [1.54, 1.807) is 11.3 Å². The molecule has 180 valence electrons. The van der Waals surface area contributed by atoms with Crippen LogP contribution in [0.4, 0.5) is 0 Å². The third-order valence-corrected chi connectivity index (χ3v) is 10.6. The lowest BCUT2D eigenvalue weighted by molar-refractivity contribution is -0.121. The number of hydrogen-bond donors (Lipinski definition) is 1. The van der Waals surface area contributed by atoms with Gasteiger partial charge < -0.3 is 5.32 Å². The highest BCUT2D eigenvalue weighted by molar-refractivity contribution is 8.00. The highest BCUT2D eigenvalue weighted by atomic mass is 32.2. The van der Waals surface area contributed by atoms with Crippen molar-refractivity contribution in [3.8, 4) is 0 Å². The summed E-state index contributed by atoms with van der Waals surface area (Å²) in [7, 11) is 0. The average molecular weight is 488 g/mol. The predicted octanol–water partition coefficient (Wildman–Crippen LogP) is 5.87. The number of thiophene rings is 1. The van der Waals surface area contributed by atoms with Gasteiger partial charge in [-0.3, -0.25) is 14.2 Å². The first-order valence-corrected chi connectivity index (χ1v) is 14.7. The molecule has 0 spiro atoms. The van der Waals surface area contributed by atoms with Crippen LogP contribution in [0.25, 0.3) is 10.2 Å². The maximum Gasteiger partial charge on any atom is 0.263 e. The molecule has 2 aromatic rings. The van der Waals surface area contributed by atoms with Gasteiger partial charge in [0.05, 0.1) is 10.6 Å². The van der Waals surface area contributed by atoms with Gasteiger partial charge in [-0.05, 0) is 69.3 Å². The number of aromatic nitrogens is 2. The molecule has 4 atom stereocenters. The van der Waals surface area contributed by atoms with Crippen LogP contribution in [0.2, 0.25) is 0 Å². The summed E-state index contributed by atoms with van der Waals surface area (Å²) in [5, 5.41) is 4.66. The topological polar surface area (TPSA) is 64.0 Å². The van der Waals surface area contributed by atoms with Crippen LogP contribution >= 0.6 is 23.1 Å². The highest BCUT2D eigenvalue weighted by Gasteiger charge is 2.31. The van der Waals surface area contributed by atoms with Crippen LogP contribution in [0.15, 0.2) is 9.95 Å². The molecule has 0 unspecified atom stereocenters. The molecule has 33 heavy (non-hydrogen) atoms. The molecule has 0 saturated heterocycles. The zero-order valence-corrected chi connectivity index (χ0v) is 21.8. The largest absolute Gasteiger partial charge is 0.352 e. The van der Waals surface area contributed by atoms with Gasteiger partial charge in [-0.15, -0.1) is 11.3 Å². The van der Waals surface area contributed by atoms with E-state index in [4.69, 9.17) is 4.98 Å². The van der Waals surface area contributed by atoms with Crippen molar-refractivity contribution in [3.05, 3.63) is 20.8 Å². The van der Waals surface area contributed by atoms with Crippen LogP contribution in [0, 0.1) is 11.8 Å². The van der Waals surface area contributed by atoms with E-state index in [0.717, 1.165) is 66.7 Å². The molecule has 3 aliphatic rings. The molecular weight excluding hydrogens is 450 g/mol. The van der Waals surface area contributed by atoms with Crippen molar-refractivity contribution in [3.63, 3.8) is 0 Å². The molecule has 0 aliphatic heterocycles. The predicted molar refractivity (Wildman–Crippen MR) is 137 cm³/mol. The van der Waals surface area contributed by atoms with E-state index in [1.165, 1.54) is 41.5 Å². The van der Waals surface area contributed by atoms with Crippen molar-refractivity contribution in [1.29, 1.82) is 0 Å². The third kappa shape index (κ3) is 4.52. The molecule has 2 fully saturated rings. The number of aryl methyl sites for hydroxylation is 2. The van der Waals surface area contributed by atoms with Crippen LogP contribution in [0.3, 0.4) is 0 Å². The fourth-order valence-corrected chi connectivity index (χ4v) is 8.35. The Balaban J connectivity index is 1.44. The number of nitrogens with zero attached hydrogens (tertiary/aromatic N) is 2. The first kappa shape index (κ1) is 23.4. The minimum absolute atomic E-state index is 0.0729. The number of hydrogen-bond acceptors (Lipinski definition) is 5. The van der Waals surface area contributed by atoms with Gasteiger partial charge in [-0.25, -0.2) is 4.98 Å². The Hall–Kier alpha value is -1.34. The number of fused-ring (bicyclic) bond motifs is 3. The fraction of sp³-hybridized carbons (Fsp3) is 0.731. The van der Waals surface area contributed by atoms with Crippen molar-refractivity contribution in [2.24, 2.45) is 11.8 Å². The molecule has 2 saturated carbocycles. The summed E-state index contributed by atoms with van der Waals surface area (Å²) in [4.78, 5) is 34.3. The van der Waals surface area contributed by atoms with Gasteiger partial charge >= 0.3 is 0 Å². The maximum atomic E-state index is 13.8. The van der Waals surface area contributed by atoms with Gasteiger partial charge in [-0.1, -0.05) is 51.3 Å². The summed E-state index contributed by atoms with van der Waals surface area (Å²) < 4.78 is 1.97. The summed E-state index contributed by atoms with van der Waals surface area (Å²) in [6, 6.07) is 0.464. The molecule has 2 heterocycles. The van der Waals surface area contributed by atoms with Crippen LogP contribution in [-0.2, 0) is 17.6 Å². The quantitative estimate of drug-likeness (QED) is 0.423. The molecule has 0 bridgehead atoms. The highest BCUT2D eigenvalue weighted by Crippen LogP contribution is 2.38. The summed E-state index contributed by atoms with van der Waals surface area (Å²) in [5.74, 6) is 1.22. The zero-order valence-electron chi connectivity index (χ0n) is 20.2. The molecule has 0 radical (unpaired) electrons. The third-order valence-electron chi connectivity index (χ3n) is 8.36. The molecular formula is C26H37N3O2S2. The zero-order chi connectivity index (χ0) is 23.1. The van der Waals surface area contributed by atoms with Gasteiger partial charge in [-0.2, -0.15) is 0 Å². The van der Waals surface area contributed by atoms with Crippen molar-refractivity contribution >= 4 is 39.2 Å². The monoisotopic (exact) mass is 487 g/mol. The second-order valence-corrected chi connectivity index (χ2v) is 12.9. The first-order valence-electron chi connectivity index (χ1n) is 13.0. The standard InChI is InChI=1S/C26H37N3O2S2/c1-15-9-8-13-20(16(15)2)27-23(30)17(3)32-26-28-24-22(19-12-6-7-14-21(19)33-24)25(31)29(26)18-10-4-5-11-18/h15-18,20H,4-14H2,1-3H3,(H,27,30)/t15-,16-,17-,20+/m0/s1. The Morgan fingerprint density at radius 2 is 1.85 bits per heavy atom. The van der Waals surface area contributed by atoms with Crippen LogP contribution in [-0.4, -0.2) is 26.8 Å². The van der Waals surface area contributed by atoms with Gasteiger partial charge in [0.2, 0.25) is 5.91 Å². The van der Waals surface area contributed by atoms with Gasteiger partial charge in [0.15, 0.2) is 5.16 Å². The summed E-state index contributed by atoms with van der Waals surface area (Å²) in [5.41, 5.74) is 1.39. The molecule has 7 heteroatoms. The van der Waals surface area contributed by atoms with E-state index in [9.17, 15) is 9.59 Å². The smallest absolute Gasteiger partial charge is 0.263 e. The molecule has 3 aliphatic carbocycles. The number of thioether (sulfide) groups is 1. The molecule has 1 N–H and O–H groups in total. The van der Waals surface area contributed by atoms with Gasteiger partial charge in [0.25, 0.3) is 5.56 Å². The summed E-state index contributed by atoms with van der Waals surface area (Å²) in [6.45, 7) is 6.52. The van der Waals surface area contributed by atoms with E-state index < -0.39 is 0 Å². The molecule has 1 amide bonds. The van der Waals surface area contributed by atoms with Crippen LogP contribution in [0.1, 0.15) is 95.0 Å². The maximum absolute atomic E-state index is 13.8. The second kappa shape index (κ2) is 9.73. The van der Waals surface area contributed by atoms with E-state index in [0.29, 0.717) is 11.8 Å². The van der Waals surface area contributed by atoms with E-state index >= 15 is 0 Å². The van der Waals surface area contributed by atoms with Crippen molar-refractivity contribution in [2.45, 2.75) is 114 Å². The van der Waals surface area contributed by atoms with Gasteiger partial charge in [0.1, 0.15) is 4.83 Å². The van der Waals surface area contributed by atoms with E-state index in [1.807, 2.05) is 11.5 Å². The lowest BCUT2D eigenvalue weighted by atomic mass is 9.78. The number of nitrogens with one attached hydrogen (secondary N) is 1. The average Bonchev–Trinajstić information content (AvgIpc) is 3.44. The van der Waals surface area contributed by atoms with Gasteiger partial charge in [0, 0.05) is 17.0 Å². The first-order chi connectivity index (χ1) is 15.9. The SMILES string of the molecule is C[C@H]1[C@@H](C)CCC[C@H]1NC(=O)[C@H](C)Sc1nc2sc3c(c2c(=O)n1C1CCCC1)CCCC3. The molecule has 0 aromatic carbocycles. The van der Waals surface area contributed by atoms with E-state index in [-0.39, 0.29) is 28.8 Å². The molecule has 5 rings (SSSR count). The number of amides is 1. The minimum atomic E-state index is -0.277. The summed E-state index contributed by atoms with van der Waals surface area (Å²) in [6.07, 6.45) is 12.3. The second-order valence-electron chi connectivity index (χ2n) is 10.5. The molecule has 5 nitrogen and oxygen atoms in total. The Labute approximate surface area is 205 Å². The number of rotatable bonds is 5. The summed E-state index contributed by atoms with van der Waals surface area (Å²) >= 11 is 3.18. The Bertz CT molecular complexity index is 1090. The minimum Gasteiger partial charge on any atom is -0.352 e. The number of carbonyl (C=O) groups is 1.